The van der Waals surface area contributed by atoms with Gasteiger partial charge < -0.3 is 4.74 Å². The molecule has 0 aliphatic carbocycles. The van der Waals surface area contributed by atoms with E-state index in [1.807, 2.05) is 18.2 Å². The van der Waals surface area contributed by atoms with Crippen LogP contribution in [-0.2, 0) is 11.2 Å². The monoisotopic (exact) mass is 216 g/mol. The summed E-state index contributed by atoms with van der Waals surface area (Å²) in [6.07, 6.45) is 0.926. The van der Waals surface area contributed by atoms with Gasteiger partial charge in [0.05, 0.1) is 18.6 Å². The van der Waals surface area contributed by atoms with Gasteiger partial charge in [0, 0.05) is 5.02 Å². The average molecular weight is 217 g/mol. The van der Waals surface area contributed by atoms with Gasteiger partial charge in [0.25, 0.3) is 0 Å². The minimum atomic E-state index is -0.0591. The van der Waals surface area contributed by atoms with Crippen molar-refractivity contribution in [2.45, 2.75) is 11.8 Å². The van der Waals surface area contributed by atoms with E-state index in [1.165, 1.54) is 5.56 Å². The zero-order valence-corrected chi connectivity index (χ0v) is 8.61. The Bertz CT molecular complexity index is 312. The van der Waals surface area contributed by atoms with E-state index >= 15 is 0 Å². The summed E-state index contributed by atoms with van der Waals surface area (Å²) >= 11 is 12.0. The number of hydrogen-bond donors (Lipinski definition) is 0. The molecule has 1 atom stereocenters. The highest BCUT2D eigenvalue weighted by molar-refractivity contribution is 6.30. The van der Waals surface area contributed by atoms with E-state index in [2.05, 4.69) is 0 Å². The number of halogens is 2. The van der Waals surface area contributed by atoms with Crippen LogP contribution in [0.2, 0.25) is 5.02 Å². The fourth-order valence-electron chi connectivity index (χ4n) is 1.54. The Morgan fingerprint density at radius 2 is 2.23 bits per heavy atom. The zero-order valence-electron chi connectivity index (χ0n) is 7.09. The first kappa shape index (κ1) is 9.32. The standard InChI is InChI=1S/C10H10Cl2O/c11-8-2-1-7-3-4-13-6-10(12)9(7)5-8/h1-2,5,10H,3-4,6H2. The van der Waals surface area contributed by atoms with Crippen LogP contribution in [0.25, 0.3) is 0 Å². The summed E-state index contributed by atoms with van der Waals surface area (Å²) in [6, 6.07) is 5.86. The van der Waals surface area contributed by atoms with Crippen molar-refractivity contribution in [3.63, 3.8) is 0 Å². The van der Waals surface area contributed by atoms with Crippen molar-refractivity contribution in [3.8, 4) is 0 Å². The number of benzene rings is 1. The van der Waals surface area contributed by atoms with Crippen molar-refractivity contribution in [2.75, 3.05) is 13.2 Å². The molecular formula is C10H10Cl2O. The van der Waals surface area contributed by atoms with Crippen molar-refractivity contribution < 1.29 is 4.74 Å². The van der Waals surface area contributed by atoms with E-state index < -0.39 is 0 Å². The smallest absolute Gasteiger partial charge is 0.0822 e. The molecule has 1 aliphatic rings. The number of ether oxygens (including phenoxy) is 1. The highest BCUT2D eigenvalue weighted by atomic mass is 35.5. The van der Waals surface area contributed by atoms with Gasteiger partial charge >= 0.3 is 0 Å². The second-order valence-electron chi connectivity index (χ2n) is 3.14. The normalized spacial score (nSPS) is 22.2. The molecule has 0 N–H and O–H groups in total. The molecule has 0 saturated carbocycles. The van der Waals surface area contributed by atoms with E-state index in [-0.39, 0.29) is 5.38 Å². The Kier molecular flexibility index (Phi) is 2.77. The molecule has 2 rings (SSSR count). The molecule has 1 aliphatic heterocycles. The first-order valence-electron chi connectivity index (χ1n) is 4.27. The molecule has 0 bridgehead atoms. The molecule has 3 heteroatoms. The summed E-state index contributed by atoms with van der Waals surface area (Å²) in [5.41, 5.74) is 2.37. The lowest BCUT2D eigenvalue weighted by Gasteiger charge is -2.09. The minimum absolute atomic E-state index is 0.0591. The molecule has 1 aromatic carbocycles. The topological polar surface area (TPSA) is 9.23 Å². The molecule has 0 fully saturated rings. The first-order chi connectivity index (χ1) is 6.27. The molecule has 0 spiro atoms. The maximum Gasteiger partial charge on any atom is 0.0822 e. The van der Waals surface area contributed by atoms with E-state index in [0.29, 0.717) is 6.61 Å². The molecule has 1 heterocycles. The van der Waals surface area contributed by atoms with E-state index in [1.54, 1.807) is 0 Å². The van der Waals surface area contributed by atoms with Gasteiger partial charge in [-0.25, -0.2) is 0 Å². The van der Waals surface area contributed by atoms with Gasteiger partial charge in [-0.05, 0) is 29.7 Å². The Morgan fingerprint density at radius 1 is 1.38 bits per heavy atom. The van der Waals surface area contributed by atoms with Crippen LogP contribution in [-0.4, -0.2) is 13.2 Å². The lowest BCUT2D eigenvalue weighted by atomic mass is 10.0. The van der Waals surface area contributed by atoms with E-state index in [0.717, 1.165) is 23.6 Å². The summed E-state index contributed by atoms with van der Waals surface area (Å²) in [6.45, 7) is 1.33. The highest BCUT2D eigenvalue weighted by Gasteiger charge is 2.16. The zero-order chi connectivity index (χ0) is 9.26. The Balaban J connectivity index is 2.43. The predicted octanol–water partition coefficient (Wildman–Crippen LogP) is 3.19. The number of alkyl halides is 1. The molecular weight excluding hydrogens is 207 g/mol. The summed E-state index contributed by atoms with van der Waals surface area (Å²) < 4.78 is 5.35. The number of hydrogen-bond acceptors (Lipinski definition) is 1. The van der Waals surface area contributed by atoms with E-state index in [4.69, 9.17) is 27.9 Å². The molecule has 13 heavy (non-hydrogen) atoms. The molecule has 1 aromatic rings. The van der Waals surface area contributed by atoms with Crippen molar-refractivity contribution in [1.82, 2.24) is 0 Å². The van der Waals surface area contributed by atoms with Crippen molar-refractivity contribution in [2.24, 2.45) is 0 Å². The number of rotatable bonds is 0. The van der Waals surface area contributed by atoms with Gasteiger partial charge in [0.1, 0.15) is 0 Å². The van der Waals surface area contributed by atoms with Crippen LogP contribution in [0.4, 0.5) is 0 Å². The van der Waals surface area contributed by atoms with Crippen LogP contribution in [0, 0.1) is 0 Å². The molecule has 70 valence electrons. The summed E-state index contributed by atoms with van der Waals surface area (Å²) in [7, 11) is 0. The van der Waals surface area contributed by atoms with Crippen LogP contribution in [0.5, 0.6) is 0 Å². The second-order valence-corrected chi connectivity index (χ2v) is 4.10. The van der Waals surface area contributed by atoms with E-state index in [9.17, 15) is 0 Å². The van der Waals surface area contributed by atoms with Gasteiger partial charge in [0.2, 0.25) is 0 Å². The maximum absolute atomic E-state index is 6.14. The Hall–Kier alpha value is -0.240. The van der Waals surface area contributed by atoms with Crippen molar-refractivity contribution in [3.05, 3.63) is 34.3 Å². The Morgan fingerprint density at radius 3 is 3.08 bits per heavy atom. The minimum Gasteiger partial charge on any atom is -0.379 e. The second kappa shape index (κ2) is 3.87. The largest absolute Gasteiger partial charge is 0.379 e. The molecule has 1 unspecified atom stereocenters. The third-order valence-electron chi connectivity index (χ3n) is 2.23. The van der Waals surface area contributed by atoms with Crippen molar-refractivity contribution >= 4 is 23.2 Å². The molecule has 0 aromatic heterocycles. The fraction of sp³-hybridized carbons (Fsp3) is 0.400. The van der Waals surface area contributed by atoms with Crippen LogP contribution >= 0.6 is 23.2 Å². The first-order valence-corrected chi connectivity index (χ1v) is 5.09. The van der Waals surface area contributed by atoms with Gasteiger partial charge in [0.15, 0.2) is 0 Å². The van der Waals surface area contributed by atoms with Crippen LogP contribution in [0.1, 0.15) is 16.5 Å². The predicted molar refractivity (Wildman–Crippen MR) is 54.6 cm³/mol. The van der Waals surface area contributed by atoms with Gasteiger partial charge in [-0.15, -0.1) is 11.6 Å². The summed E-state index contributed by atoms with van der Waals surface area (Å²) in [5.74, 6) is 0. The maximum atomic E-state index is 6.14. The molecule has 0 radical (unpaired) electrons. The third kappa shape index (κ3) is 1.98. The van der Waals surface area contributed by atoms with Gasteiger partial charge in [-0.2, -0.15) is 0 Å². The summed E-state index contributed by atoms with van der Waals surface area (Å²) in [4.78, 5) is 0. The summed E-state index contributed by atoms with van der Waals surface area (Å²) in [5, 5.41) is 0.683. The van der Waals surface area contributed by atoms with Crippen LogP contribution < -0.4 is 0 Å². The number of fused-ring (bicyclic) bond motifs is 1. The Labute approximate surface area is 87.6 Å². The fourth-order valence-corrected chi connectivity index (χ4v) is 2.02. The lowest BCUT2D eigenvalue weighted by Crippen LogP contribution is -1.98. The van der Waals surface area contributed by atoms with Gasteiger partial charge in [-0.3, -0.25) is 0 Å². The van der Waals surface area contributed by atoms with Crippen LogP contribution in [0.3, 0.4) is 0 Å². The lowest BCUT2D eigenvalue weighted by molar-refractivity contribution is 0.143. The SMILES string of the molecule is Clc1ccc2c(c1)C(Cl)COCC2. The average Bonchev–Trinajstić information content (AvgIpc) is 2.29. The molecule has 0 saturated heterocycles. The van der Waals surface area contributed by atoms with Crippen molar-refractivity contribution in [1.29, 1.82) is 0 Å². The third-order valence-corrected chi connectivity index (χ3v) is 2.82. The highest BCUT2D eigenvalue weighted by Crippen LogP contribution is 2.29. The van der Waals surface area contributed by atoms with Gasteiger partial charge in [-0.1, -0.05) is 17.7 Å². The quantitative estimate of drug-likeness (QED) is 0.606. The van der Waals surface area contributed by atoms with Crippen LogP contribution in [0.15, 0.2) is 18.2 Å². The molecule has 0 amide bonds. The molecule has 1 nitrogen and oxygen atoms in total.